The van der Waals surface area contributed by atoms with E-state index in [1.165, 1.54) is 11.6 Å². The van der Waals surface area contributed by atoms with Crippen LogP contribution >= 0.6 is 15.9 Å². The monoisotopic (exact) mass is 349 g/mol. The van der Waals surface area contributed by atoms with Crippen molar-refractivity contribution in [1.82, 2.24) is 5.32 Å². The Bertz CT molecular complexity index is 581. The number of nitrogens with one attached hydrogen (secondary N) is 1. The second-order valence-corrected chi connectivity index (χ2v) is 6.87. The first-order valence-electron chi connectivity index (χ1n) is 7.19. The van der Waals surface area contributed by atoms with E-state index in [-0.39, 0.29) is 11.4 Å². The van der Waals surface area contributed by atoms with E-state index < -0.39 is 0 Å². The molecule has 0 fully saturated rings. The molecule has 0 aliphatic heterocycles. The molecule has 2 aromatic rings. The number of aryl methyl sites for hydroxylation is 1. The molecule has 3 heteroatoms. The third-order valence-electron chi connectivity index (χ3n) is 3.65. The summed E-state index contributed by atoms with van der Waals surface area (Å²) >= 11 is 3.38. The predicted molar refractivity (Wildman–Crippen MR) is 89.8 cm³/mol. The Morgan fingerprint density at radius 2 is 1.81 bits per heavy atom. The zero-order valence-corrected chi connectivity index (χ0v) is 14.1. The Morgan fingerprint density at radius 3 is 2.52 bits per heavy atom. The van der Waals surface area contributed by atoms with E-state index in [0.29, 0.717) is 12.1 Å². The van der Waals surface area contributed by atoms with Gasteiger partial charge >= 0.3 is 0 Å². The molecule has 0 spiro atoms. The lowest BCUT2D eigenvalue weighted by Gasteiger charge is -2.27. The summed E-state index contributed by atoms with van der Waals surface area (Å²) in [6, 6.07) is 15.5. The average molecular weight is 350 g/mol. The molecule has 0 heterocycles. The summed E-state index contributed by atoms with van der Waals surface area (Å²) in [5, 5.41) is 3.45. The molecule has 2 aromatic carbocycles. The molecule has 112 valence electrons. The Labute approximate surface area is 134 Å². The minimum absolute atomic E-state index is 0.0371. The van der Waals surface area contributed by atoms with Gasteiger partial charge in [-0.3, -0.25) is 0 Å². The highest BCUT2D eigenvalue weighted by atomic mass is 79.9. The van der Waals surface area contributed by atoms with Crippen LogP contribution in [0.5, 0.6) is 0 Å². The zero-order chi connectivity index (χ0) is 15.3. The number of halogens is 2. The fourth-order valence-electron chi connectivity index (χ4n) is 2.20. The number of hydrogen-bond donors (Lipinski definition) is 1. The minimum atomic E-state index is -0.162. The number of benzene rings is 2. The normalized spacial score (nSPS) is 11.6. The molecule has 0 unspecified atom stereocenters. The van der Waals surface area contributed by atoms with Gasteiger partial charge in [0.05, 0.1) is 0 Å². The Kier molecular flexibility index (Phi) is 5.54. The van der Waals surface area contributed by atoms with Gasteiger partial charge in [-0.25, -0.2) is 4.39 Å². The minimum Gasteiger partial charge on any atom is -0.308 e. The summed E-state index contributed by atoms with van der Waals surface area (Å²) in [5.41, 5.74) is 1.99. The fraction of sp³-hybridized carbons (Fsp3) is 0.333. The lowest BCUT2D eigenvalue weighted by Crippen LogP contribution is -2.39. The van der Waals surface area contributed by atoms with Gasteiger partial charge in [-0.05, 0) is 50.5 Å². The van der Waals surface area contributed by atoms with Gasteiger partial charge in [-0.2, -0.15) is 0 Å². The molecule has 0 aliphatic carbocycles. The van der Waals surface area contributed by atoms with Crippen LogP contribution in [0.2, 0.25) is 0 Å². The SMILES string of the molecule is CC(C)(CCc1ccccc1)NCc1cc(Br)ccc1F. The van der Waals surface area contributed by atoms with Crippen molar-refractivity contribution >= 4 is 15.9 Å². The molecule has 1 nitrogen and oxygen atoms in total. The molecule has 0 saturated heterocycles. The van der Waals surface area contributed by atoms with E-state index >= 15 is 0 Å². The van der Waals surface area contributed by atoms with Crippen molar-refractivity contribution in [3.63, 3.8) is 0 Å². The van der Waals surface area contributed by atoms with Crippen LogP contribution < -0.4 is 5.32 Å². The maximum atomic E-state index is 13.7. The van der Waals surface area contributed by atoms with Crippen LogP contribution in [0.4, 0.5) is 4.39 Å². The van der Waals surface area contributed by atoms with Crippen molar-refractivity contribution in [3.8, 4) is 0 Å². The summed E-state index contributed by atoms with van der Waals surface area (Å²) in [6.07, 6.45) is 2.02. The van der Waals surface area contributed by atoms with E-state index in [0.717, 1.165) is 17.3 Å². The molecule has 0 saturated carbocycles. The second kappa shape index (κ2) is 7.19. The van der Waals surface area contributed by atoms with Crippen LogP contribution in [0, 0.1) is 5.82 Å². The lowest BCUT2D eigenvalue weighted by molar-refractivity contribution is 0.357. The molecule has 0 aromatic heterocycles. The maximum absolute atomic E-state index is 13.7. The quantitative estimate of drug-likeness (QED) is 0.765. The third-order valence-corrected chi connectivity index (χ3v) is 4.14. The largest absolute Gasteiger partial charge is 0.308 e. The van der Waals surface area contributed by atoms with Crippen molar-refractivity contribution in [2.24, 2.45) is 0 Å². The molecule has 1 N–H and O–H groups in total. The molecule has 21 heavy (non-hydrogen) atoms. The van der Waals surface area contributed by atoms with Gasteiger partial charge in [-0.1, -0.05) is 46.3 Å². The topological polar surface area (TPSA) is 12.0 Å². The number of rotatable bonds is 6. The van der Waals surface area contributed by atoms with Crippen molar-refractivity contribution in [1.29, 1.82) is 0 Å². The molecule has 0 aliphatic rings. The standard InChI is InChI=1S/C18H21BrFN/c1-18(2,11-10-14-6-4-3-5-7-14)21-13-15-12-16(19)8-9-17(15)20/h3-9,12,21H,10-11,13H2,1-2H3. The van der Waals surface area contributed by atoms with Gasteiger partial charge in [0.1, 0.15) is 5.82 Å². The summed E-state index contributed by atoms with van der Waals surface area (Å²) in [4.78, 5) is 0. The molecule has 0 radical (unpaired) electrons. The molecule has 0 bridgehead atoms. The summed E-state index contributed by atoms with van der Waals surface area (Å²) in [7, 11) is 0. The van der Waals surface area contributed by atoms with E-state index in [4.69, 9.17) is 0 Å². The molecule has 2 rings (SSSR count). The Morgan fingerprint density at radius 1 is 1.10 bits per heavy atom. The lowest BCUT2D eigenvalue weighted by atomic mass is 9.95. The van der Waals surface area contributed by atoms with Gasteiger partial charge < -0.3 is 5.32 Å². The van der Waals surface area contributed by atoms with E-state index in [1.54, 1.807) is 6.07 Å². The first-order valence-corrected chi connectivity index (χ1v) is 7.98. The smallest absolute Gasteiger partial charge is 0.127 e. The van der Waals surface area contributed by atoms with Crippen molar-refractivity contribution in [2.75, 3.05) is 0 Å². The molecular weight excluding hydrogens is 329 g/mol. The fourth-order valence-corrected chi connectivity index (χ4v) is 2.61. The first kappa shape index (κ1) is 16.2. The van der Waals surface area contributed by atoms with Gasteiger partial charge in [0.2, 0.25) is 0 Å². The number of hydrogen-bond acceptors (Lipinski definition) is 1. The molecular formula is C18H21BrFN. The summed E-state index contributed by atoms with van der Waals surface area (Å²) in [5.74, 6) is -0.162. The average Bonchev–Trinajstić information content (AvgIpc) is 2.47. The maximum Gasteiger partial charge on any atom is 0.127 e. The molecule has 0 amide bonds. The summed E-state index contributed by atoms with van der Waals surface area (Å²) in [6.45, 7) is 4.85. The van der Waals surface area contributed by atoms with Crippen molar-refractivity contribution in [3.05, 3.63) is 69.9 Å². The van der Waals surface area contributed by atoms with Crippen LogP contribution in [-0.4, -0.2) is 5.54 Å². The Balaban J connectivity index is 1.90. The highest BCUT2D eigenvalue weighted by Crippen LogP contribution is 2.18. The van der Waals surface area contributed by atoms with Crippen LogP contribution in [0.3, 0.4) is 0 Å². The second-order valence-electron chi connectivity index (χ2n) is 5.96. The van der Waals surface area contributed by atoms with E-state index in [2.05, 4.69) is 59.4 Å². The van der Waals surface area contributed by atoms with Crippen molar-refractivity contribution < 1.29 is 4.39 Å². The van der Waals surface area contributed by atoms with Gasteiger partial charge in [0, 0.05) is 22.1 Å². The predicted octanol–water partition coefficient (Wildman–Crippen LogP) is 5.09. The third kappa shape index (κ3) is 5.25. The highest BCUT2D eigenvalue weighted by Gasteiger charge is 2.17. The Hall–Kier alpha value is -1.19. The van der Waals surface area contributed by atoms with Crippen molar-refractivity contribution in [2.45, 2.75) is 38.8 Å². The van der Waals surface area contributed by atoms with Crippen LogP contribution in [0.1, 0.15) is 31.4 Å². The van der Waals surface area contributed by atoms with Gasteiger partial charge in [0.25, 0.3) is 0 Å². The van der Waals surface area contributed by atoms with Crippen LogP contribution in [0.25, 0.3) is 0 Å². The highest BCUT2D eigenvalue weighted by molar-refractivity contribution is 9.10. The van der Waals surface area contributed by atoms with E-state index in [1.807, 2.05) is 12.1 Å². The van der Waals surface area contributed by atoms with E-state index in [9.17, 15) is 4.39 Å². The zero-order valence-electron chi connectivity index (χ0n) is 12.5. The van der Waals surface area contributed by atoms with Crippen LogP contribution in [0.15, 0.2) is 53.0 Å². The van der Waals surface area contributed by atoms with Gasteiger partial charge in [-0.15, -0.1) is 0 Å². The first-order chi connectivity index (χ1) is 9.96. The summed E-state index contributed by atoms with van der Waals surface area (Å²) < 4.78 is 14.6. The van der Waals surface area contributed by atoms with Crippen LogP contribution in [-0.2, 0) is 13.0 Å². The molecule has 0 atom stereocenters. The van der Waals surface area contributed by atoms with Gasteiger partial charge in [0.15, 0.2) is 0 Å².